The van der Waals surface area contributed by atoms with Gasteiger partial charge in [0.05, 0.1) is 37.6 Å². The van der Waals surface area contributed by atoms with Crippen molar-refractivity contribution in [2.45, 2.75) is 72.1 Å². The molecule has 3 fully saturated rings. The predicted molar refractivity (Wildman–Crippen MR) is 171 cm³/mol. The summed E-state index contributed by atoms with van der Waals surface area (Å²) < 4.78 is 0. The van der Waals surface area contributed by atoms with Crippen molar-refractivity contribution < 1.29 is 49.3 Å². The van der Waals surface area contributed by atoms with Crippen molar-refractivity contribution in [3.8, 4) is 0 Å². The Labute approximate surface area is 275 Å². The molecular weight excluding hydrogens is 612 g/mol. The zero-order valence-corrected chi connectivity index (χ0v) is 27.7. The molecule has 14 heteroatoms. The van der Waals surface area contributed by atoms with E-state index < -0.39 is 23.9 Å². The van der Waals surface area contributed by atoms with Gasteiger partial charge in [-0.1, -0.05) is 29.7 Å². The molecule has 0 aromatic carbocycles. The molecule has 0 bridgehead atoms. The van der Waals surface area contributed by atoms with E-state index in [-0.39, 0.29) is 63.3 Å². The molecule has 47 heavy (non-hydrogen) atoms. The van der Waals surface area contributed by atoms with Gasteiger partial charge in [-0.3, -0.25) is 29.0 Å². The van der Waals surface area contributed by atoms with E-state index in [4.69, 9.17) is 30.1 Å². The smallest absolute Gasteiger partial charge is 0.317 e. The molecule has 6 atom stereocenters. The maximum Gasteiger partial charge on any atom is 0.317 e. The van der Waals surface area contributed by atoms with E-state index in [0.717, 1.165) is 62.8 Å². The SMILES string of the molecule is C/C(=N\OCCN(CC(=O)O)CC(=O)O)[C@H]1CC[C@H]2[C@@H]3CCC4=C/C(=N/OCCN(CC(=O)O)CC(=O)O)CC[C@]4(C)[C@H]3CC[C@]12C. The number of hydrogen-bond acceptors (Lipinski definition) is 10. The summed E-state index contributed by atoms with van der Waals surface area (Å²) in [5, 5.41) is 44.9. The molecule has 262 valence electrons. The number of rotatable bonds is 17. The van der Waals surface area contributed by atoms with Gasteiger partial charge in [-0.15, -0.1) is 0 Å². The molecule has 14 nitrogen and oxygen atoms in total. The van der Waals surface area contributed by atoms with E-state index in [1.165, 1.54) is 15.4 Å². The van der Waals surface area contributed by atoms with Gasteiger partial charge in [0.15, 0.2) is 0 Å². The Kier molecular flexibility index (Phi) is 12.0. The van der Waals surface area contributed by atoms with Crippen LogP contribution in [0.1, 0.15) is 72.1 Å². The second kappa shape index (κ2) is 15.6. The molecule has 4 N–H and O–H groups in total. The molecule has 0 aromatic heterocycles. The van der Waals surface area contributed by atoms with Gasteiger partial charge < -0.3 is 30.1 Å². The maximum atomic E-state index is 11.1. The number of carboxylic acids is 4. The lowest BCUT2D eigenvalue weighted by atomic mass is 9.46. The summed E-state index contributed by atoms with van der Waals surface area (Å²) in [6.07, 6.45) is 10.6. The number of nitrogens with zero attached hydrogens (tertiary/aromatic N) is 4. The molecule has 0 unspecified atom stereocenters. The molecule has 0 heterocycles. The molecule has 0 amide bonds. The second-order valence-electron chi connectivity index (χ2n) is 14.2. The first-order valence-corrected chi connectivity index (χ1v) is 16.6. The Hall–Kier alpha value is -3.52. The van der Waals surface area contributed by atoms with Gasteiger partial charge in [0.1, 0.15) is 13.2 Å². The van der Waals surface area contributed by atoms with Gasteiger partial charge in [0, 0.05) is 19.0 Å². The van der Waals surface area contributed by atoms with Gasteiger partial charge in [0.2, 0.25) is 0 Å². The molecule has 0 saturated heterocycles. The maximum absolute atomic E-state index is 11.1. The number of aliphatic carboxylic acids is 4. The topological polar surface area (TPSA) is 199 Å². The number of fused-ring (bicyclic) bond motifs is 5. The first kappa shape index (κ1) is 36.3. The molecular formula is C33H50N4O10. The monoisotopic (exact) mass is 662 g/mol. The third-order valence-electron chi connectivity index (χ3n) is 11.3. The van der Waals surface area contributed by atoms with Crippen LogP contribution in [0.4, 0.5) is 0 Å². The Morgan fingerprint density at radius 2 is 1.36 bits per heavy atom. The average Bonchev–Trinajstić information content (AvgIpc) is 3.33. The summed E-state index contributed by atoms with van der Waals surface area (Å²) in [5.41, 5.74) is 3.48. The zero-order chi connectivity index (χ0) is 34.4. The normalized spacial score (nSPS) is 31.1. The lowest BCUT2D eigenvalue weighted by molar-refractivity contribution is -0.144. The molecule has 4 aliphatic rings. The molecule has 3 saturated carbocycles. The zero-order valence-electron chi connectivity index (χ0n) is 27.7. The van der Waals surface area contributed by atoms with Crippen LogP contribution in [-0.2, 0) is 28.9 Å². The van der Waals surface area contributed by atoms with Gasteiger partial charge in [0.25, 0.3) is 0 Å². The highest BCUT2D eigenvalue weighted by atomic mass is 16.6. The lowest BCUT2D eigenvalue weighted by Gasteiger charge is -2.58. The predicted octanol–water partition coefficient (Wildman–Crippen LogP) is 3.27. The fraction of sp³-hybridized carbons (Fsp3) is 0.758. The molecule has 0 spiro atoms. The Morgan fingerprint density at radius 1 is 0.787 bits per heavy atom. The van der Waals surface area contributed by atoms with Crippen LogP contribution in [0.2, 0.25) is 0 Å². The standard InChI is InChI=1S/C33H50N4O10/c1-21(34-46-14-12-36(17-28(38)39)18-29(40)41)25-6-7-26-24-5-4-22-16-23(8-10-32(22,2)27(24)9-11-33(25,26)3)35-47-15-13-37(19-30(42)43)20-31(44)45/h16,24-27H,4-15,17-20H2,1-3H3,(H,38,39)(H,40,41)(H,42,43)(H,44,45)/b34-21+,35-23+/t24-,25+,26-,27-,32-,33+/m0/s1. The number of hydrogen-bond donors (Lipinski definition) is 4. The molecule has 4 rings (SSSR count). The van der Waals surface area contributed by atoms with E-state index in [1.54, 1.807) is 0 Å². The highest BCUT2D eigenvalue weighted by Crippen LogP contribution is 2.66. The number of oxime groups is 2. The van der Waals surface area contributed by atoms with Crippen LogP contribution in [0, 0.1) is 34.5 Å². The number of carbonyl (C=O) groups is 4. The summed E-state index contributed by atoms with van der Waals surface area (Å²) in [4.78, 5) is 57.9. The summed E-state index contributed by atoms with van der Waals surface area (Å²) in [6, 6.07) is 0. The fourth-order valence-corrected chi connectivity index (χ4v) is 9.20. The van der Waals surface area contributed by atoms with Crippen molar-refractivity contribution in [3.05, 3.63) is 11.6 Å². The van der Waals surface area contributed by atoms with Crippen LogP contribution in [0.25, 0.3) is 0 Å². The van der Waals surface area contributed by atoms with E-state index in [2.05, 4.69) is 30.2 Å². The minimum Gasteiger partial charge on any atom is -0.480 e. The van der Waals surface area contributed by atoms with Crippen LogP contribution in [-0.4, -0.2) is 118 Å². The molecule has 0 aliphatic heterocycles. The van der Waals surface area contributed by atoms with Gasteiger partial charge in [-0.2, -0.15) is 0 Å². The van der Waals surface area contributed by atoms with Crippen molar-refractivity contribution in [2.24, 2.45) is 44.8 Å². The van der Waals surface area contributed by atoms with Crippen molar-refractivity contribution in [3.63, 3.8) is 0 Å². The Morgan fingerprint density at radius 3 is 1.94 bits per heavy atom. The molecule has 0 radical (unpaired) electrons. The quantitative estimate of drug-likeness (QED) is 0.101. The summed E-state index contributed by atoms with van der Waals surface area (Å²) in [5.74, 6) is -2.25. The van der Waals surface area contributed by atoms with Crippen LogP contribution in [0.5, 0.6) is 0 Å². The fourth-order valence-electron chi connectivity index (χ4n) is 9.20. The van der Waals surface area contributed by atoms with Gasteiger partial charge in [-0.25, -0.2) is 0 Å². The van der Waals surface area contributed by atoms with Gasteiger partial charge >= 0.3 is 23.9 Å². The molecule has 4 aliphatic carbocycles. The van der Waals surface area contributed by atoms with E-state index >= 15 is 0 Å². The largest absolute Gasteiger partial charge is 0.480 e. The van der Waals surface area contributed by atoms with Crippen molar-refractivity contribution in [1.82, 2.24) is 9.80 Å². The Bertz CT molecular complexity index is 1250. The lowest BCUT2D eigenvalue weighted by Crippen LogP contribution is -2.51. The number of carboxylic acid groups (broad SMARTS) is 4. The summed E-state index contributed by atoms with van der Waals surface area (Å²) in [7, 11) is 0. The Balaban J connectivity index is 1.33. The third kappa shape index (κ3) is 8.89. The summed E-state index contributed by atoms with van der Waals surface area (Å²) in [6.45, 7) is 5.90. The van der Waals surface area contributed by atoms with Crippen LogP contribution >= 0.6 is 0 Å². The third-order valence-corrected chi connectivity index (χ3v) is 11.3. The van der Waals surface area contributed by atoms with Crippen LogP contribution < -0.4 is 0 Å². The molecule has 0 aromatic rings. The highest BCUT2D eigenvalue weighted by molar-refractivity contribution is 5.96. The van der Waals surface area contributed by atoms with Crippen molar-refractivity contribution in [2.75, 3.05) is 52.5 Å². The van der Waals surface area contributed by atoms with E-state index in [0.29, 0.717) is 23.7 Å². The first-order chi connectivity index (χ1) is 22.2. The number of allylic oxidation sites excluding steroid dienone is 2. The van der Waals surface area contributed by atoms with E-state index in [9.17, 15) is 19.2 Å². The van der Waals surface area contributed by atoms with Crippen LogP contribution in [0.15, 0.2) is 22.0 Å². The average molecular weight is 663 g/mol. The second-order valence-corrected chi connectivity index (χ2v) is 14.2. The van der Waals surface area contributed by atoms with Gasteiger partial charge in [-0.05, 0) is 93.0 Å². The van der Waals surface area contributed by atoms with Crippen molar-refractivity contribution in [1.29, 1.82) is 0 Å². The summed E-state index contributed by atoms with van der Waals surface area (Å²) >= 11 is 0. The minimum absolute atomic E-state index is 0.102. The van der Waals surface area contributed by atoms with Crippen molar-refractivity contribution >= 4 is 35.3 Å². The van der Waals surface area contributed by atoms with E-state index in [1.807, 2.05) is 6.92 Å². The van der Waals surface area contributed by atoms with Crippen LogP contribution in [0.3, 0.4) is 0 Å². The minimum atomic E-state index is -1.09. The first-order valence-electron chi connectivity index (χ1n) is 16.6. The highest BCUT2D eigenvalue weighted by Gasteiger charge is 2.59.